The van der Waals surface area contributed by atoms with Crippen molar-refractivity contribution in [3.8, 4) is 0 Å². The lowest BCUT2D eigenvalue weighted by Gasteiger charge is -2.33. The average molecular weight is 610 g/mol. The Hall–Kier alpha value is -3.66. The number of hydrogen-bond acceptors (Lipinski definition) is 6. The Morgan fingerprint density at radius 3 is 2.45 bits per heavy atom. The van der Waals surface area contributed by atoms with Crippen LogP contribution >= 0.6 is 0 Å². The van der Waals surface area contributed by atoms with Gasteiger partial charge in [-0.25, -0.2) is 9.78 Å². The molecule has 1 aromatic carbocycles. The number of carbonyl (C=O) groups is 3. The lowest BCUT2D eigenvalue weighted by molar-refractivity contribution is -0.128. The zero-order valence-electron chi connectivity index (χ0n) is 26.3. The number of aromatic nitrogens is 2. The molecule has 1 heterocycles. The van der Waals surface area contributed by atoms with E-state index in [-0.39, 0.29) is 30.9 Å². The number of H-pyrrole nitrogens is 1. The van der Waals surface area contributed by atoms with Gasteiger partial charge in [-0.05, 0) is 42.6 Å². The Balaban J connectivity index is 1.74. The number of rotatable bonds is 18. The number of nitrogens with zero attached hydrogens (tertiary/aromatic N) is 1. The van der Waals surface area contributed by atoms with Crippen molar-refractivity contribution in [3.63, 3.8) is 0 Å². The number of aliphatic hydroxyl groups excluding tert-OH is 1. The first-order valence-corrected chi connectivity index (χ1v) is 16.0. The van der Waals surface area contributed by atoms with E-state index in [1.54, 1.807) is 12.5 Å². The number of benzene rings is 1. The van der Waals surface area contributed by atoms with Gasteiger partial charge in [-0.2, -0.15) is 0 Å². The Labute approximate surface area is 261 Å². The molecule has 0 radical (unpaired) electrons. The van der Waals surface area contributed by atoms with Gasteiger partial charge in [-0.3, -0.25) is 9.59 Å². The maximum atomic E-state index is 13.9. The number of hydrogen-bond donors (Lipinski definition) is 5. The van der Waals surface area contributed by atoms with E-state index in [2.05, 4.69) is 41.0 Å². The van der Waals surface area contributed by atoms with Gasteiger partial charge in [0.1, 0.15) is 6.61 Å². The van der Waals surface area contributed by atoms with Gasteiger partial charge >= 0.3 is 6.09 Å². The van der Waals surface area contributed by atoms with Crippen LogP contribution < -0.4 is 16.4 Å². The second-order valence-electron chi connectivity index (χ2n) is 12.5. The molecule has 3 amide bonds. The quantitative estimate of drug-likeness (QED) is 0.158. The Morgan fingerprint density at radius 1 is 1.11 bits per heavy atom. The number of nitrogens with two attached hydrogens (primary N) is 1. The van der Waals surface area contributed by atoms with E-state index in [1.165, 1.54) is 19.3 Å². The molecule has 242 valence electrons. The minimum Gasteiger partial charge on any atom is -0.449 e. The van der Waals surface area contributed by atoms with E-state index >= 15 is 0 Å². The highest BCUT2D eigenvalue weighted by Gasteiger charge is 2.31. The lowest BCUT2D eigenvalue weighted by Crippen LogP contribution is -2.50. The summed E-state index contributed by atoms with van der Waals surface area (Å²) in [5.41, 5.74) is 6.78. The first-order chi connectivity index (χ1) is 21.2. The highest BCUT2D eigenvalue weighted by molar-refractivity contribution is 5.82. The maximum absolute atomic E-state index is 13.9. The van der Waals surface area contributed by atoms with Gasteiger partial charge in [0, 0.05) is 19.2 Å². The van der Waals surface area contributed by atoms with Gasteiger partial charge in [0.25, 0.3) is 0 Å². The van der Waals surface area contributed by atoms with Crippen LogP contribution in [-0.4, -0.2) is 58.3 Å². The van der Waals surface area contributed by atoms with Gasteiger partial charge in [0.2, 0.25) is 11.8 Å². The van der Waals surface area contributed by atoms with Crippen LogP contribution in [0.3, 0.4) is 0 Å². The molecular weight excluding hydrogens is 558 g/mol. The summed E-state index contributed by atoms with van der Waals surface area (Å²) in [6.07, 6.45) is 11.1. The molecule has 10 nitrogen and oxygen atoms in total. The monoisotopic (exact) mass is 609 g/mol. The van der Waals surface area contributed by atoms with E-state index in [0.717, 1.165) is 18.4 Å². The third-order valence-electron chi connectivity index (χ3n) is 8.80. The van der Waals surface area contributed by atoms with Crippen molar-refractivity contribution in [2.75, 3.05) is 13.2 Å². The average Bonchev–Trinajstić information content (AvgIpc) is 3.53. The van der Waals surface area contributed by atoms with Crippen molar-refractivity contribution in [2.45, 2.75) is 83.8 Å². The van der Waals surface area contributed by atoms with Gasteiger partial charge in [0.05, 0.1) is 36.0 Å². The van der Waals surface area contributed by atoms with Crippen LogP contribution in [-0.2, 0) is 27.2 Å². The Bertz CT molecular complexity index is 1150. The zero-order chi connectivity index (χ0) is 31.9. The van der Waals surface area contributed by atoms with E-state index in [1.807, 2.05) is 36.4 Å². The van der Waals surface area contributed by atoms with Crippen molar-refractivity contribution in [1.29, 1.82) is 0 Å². The summed E-state index contributed by atoms with van der Waals surface area (Å²) in [5.74, 6) is -1.04. The number of primary amides is 1. The van der Waals surface area contributed by atoms with Crippen molar-refractivity contribution in [1.82, 2.24) is 20.6 Å². The molecule has 1 fully saturated rings. The normalized spacial score (nSPS) is 17.2. The molecule has 44 heavy (non-hydrogen) atoms. The van der Waals surface area contributed by atoms with Crippen molar-refractivity contribution >= 4 is 17.9 Å². The van der Waals surface area contributed by atoms with Crippen LogP contribution in [0, 0.1) is 29.6 Å². The van der Waals surface area contributed by atoms with Crippen molar-refractivity contribution in [2.24, 2.45) is 35.3 Å². The molecule has 6 N–H and O–H groups in total. The Kier molecular flexibility index (Phi) is 14.4. The summed E-state index contributed by atoms with van der Waals surface area (Å²) in [7, 11) is 0. The van der Waals surface area contributed by atoms with Gasteiger partial charge in [-0.15, -0.1) is 6.58 Å². The standard InChI is InChI=1S/C34H51N5O5/c1-4-26(23(2)3)18-31(40)30(16-25-13-9-6-10-14-25)39-33(42)27(17-29-20-36-22-38-29)19-37-32(41)28(21-44-34(35)43)15-24-11-7-5-8-12-24/h4-5,7-8,11-12,20,22-23,25-28,30-31,40H,1,6,9-10,13-19,21H2,2-3H3,(H2,35,43)(H,36,38)(H,37,41)(H,39,42)/t26-,27-,28-,30-,31-/m0/s1. The summed E-state index contributed by atoms with van der Waals surface area (Å²) in [4.78, 5) is 45.8. The molecule has 0 unspecified atom stereocenters. The molecule has 1 aliphatic carbocycles. The summed E-state index contributed by atoms with van der Waals surface area (Å²) in [6, 6.07) is 9.01. The van der Waals surface area contributed by atoms with Crippen LogP contribution in [0.2, 0.25) is 0 Å². The van der Waals surface area contributed by atoms with E-state index in [4.69, 9.17) is 10.5 Å². The second kappa shape index (κ2) is 18.2. The number of amides is 3. The summed E-state index contributed by atoms with van der Waals surface area (Å²) in [5, 5.41) is 17.5. The number of ether oxygens (including phenoxy) is 1. The highest BCUT2D eigenvalue weighted by atomic mass is 16.5. The molecule has 1 saturated carbocycles. The molecule has 0 saturated heterocycles. The SMILES string of the molecule is C=C[C@@H](C[C@H](O)[C@H](CC1CCCCC1)NC(=O)[C@H](CNC(=O)[C@H](COC(N)=O)Cc1ccccc1)Cc1c[nH]cn1)C(C)C. The fraction of sp³-hybridized carbons (Fsp3) is 0.588. The molecule has 3 rings (SSSR count). The maximum Gasteiger partial charge on any atom is 0.404 e. The molecule has 0 aliphatic heterocycles. The highest BCUT2D eigenvalue weighted by Crippen LogP contribution is 2.30. The number of nitrogens with one attached hydrogen (secondary N) is 3. The number of aromatic amines is 1. The smallest absolute Gasteiger partial charge is 0.404 e. The molecule has 1 aliphatic rings. The minimum atomic E-state index is -0.953. The zero-order valence-corrected chi connectivity index (χ0v) is 26.3. The first-order valence-electron chi connectivity index (χ1n) is 16.0. The summed E-state index contributed by atoms with van der Waals surface area (Å²) < 4.78 is 5.00. The minimum absolute atomic E-state index is 0.0485. The van der Waals surface area contributed by atoms with Crippen LogP contribution in [0.25, 0.3) is 0 Å². The van der Waals surface area contributed by atoms with E-state index < -0.39 is 30.1 Å². The third-order valence-corrected chi connectivity index (χ3v) is 8.80. The largest absolute Gasteiger partial charge is 0.449 e. The van der Waals surface area contributed by atoms with Gasteiger partial charge in [-0.1, -0.05) is 82.4 Å². The topological polar surface area (TPSA) is 159 Å². The van der Waals surface area contributed by atoms with Gasteiger partial charge < -0.3 is 31.2 Å². The number of aliphatic hydroxyl groups is 1. The molecule has 0 bridgehead atoms. The molecule has 0 spiro atoms. The van der Waals surface area contributed by atoms with Gasteiger partial charge in [0.15, 0.2) is 0 Å². The summed E-state index contributed by atoms with van der Waals surface area (Å²) >= 11 is 0. The van der Waals surface area contributed by atoms with Crippen molar-refractivity contribution in [3.05, 3.63) is 66.8 Å². The first kappa shape index (κ1) is 34.8. The van der Waals surface area contributed by atoms with E-state index in [0.29, 0.717) is 43.2 Å². The van der Waals surface area contributed by atoms with E-state index in [9.17, 15) is 19.5 Å². The predicted octanol–water partition coefficient (Wildman–Crippen LogP) is 4.30. The number of carbonyl (C=O) groups excluding carboxylic acids is 3. The summed E-state index contributed by atoms with van der Waals surface area (Å²) in [6.45, 7) is 8.05. The molecule has 1 aromatic heterocycles. The molecule has 2 aromatic rings. The predicted molar refractivity (Wildman–Crippen MR) is 170 cm³/mol. The van der Waals surface area contributed by atoms with Crippen LogP contribution in [0.5, 0.6) is 0 Å². The Morgan fingerprint density at radius 2 is 1.84 bits per heavy atom. The number of allylic oxidation sites excluding steroid dienone is 1. The number of imidazole rings is 1. The van der Waals surface area contributed by atoms with Crippen LogP contribution in [0.4, 0.5) is 4.79 Å². The fourth-order valence-corrected chi connectivity index (χ4v) is 6.07. The second-order valence-corrected chi connectivity index (χ2v) is 12.5. The van der Waals surface area contributed by atoms with Crippen LogP contribution in [0.15, 0.2) is 55.5 Å². The molecule has 5 atom stereocenters. The van der Waals surface area contributed by atoms with Crippen LogP contribution in [0.1, 0.15) is 70.1 Å². The lowest BCUT2D eigenvalue weighted by atomic mass is 9.81. The fourth-order valence-electron chi connectivity index (χ4n) is 6.07. The molecule has 10 heteroatoms. The van der Waals surface area contributed by atoms with Crippen molar-refractivity contribution < 1.29 is 24.2 Å². The third kappa shape index (κ3) is 11.8. The molecular formula is C34H51N5O5.